The summed E-state index contributed by atoms with van der Waals surface area (Å²) in [5.41, 5.74) is 1.46. The zero-order chi connectivity index (χ0) is 10.8. The zero-order valence-electron chi connectivity index (χ0n) is 8.37. The highest BCUT2D eigenvalue weighted by atomic mass is 19.1. The predicted molar refractivity (Wildman–Crippen MR) is 56.4 cm³/mol. The number of rotatable bonds is 2. The van der Waals surface area contributed by atoms with E-state index in [1.807, 2.05) is 0 Å². The van der Waals surface area contributed by atoms with Crippen molar-refractivity contribution in [2.45, 2.75) is 12.8 Å². The van der Waals surface area contributed by atoms with Gasteiger partial charge in [0.25, 0.3) is 0 Å². The van der Waals surface area contributed by atoms with E-state index in [2.05, 4.69) is 6.58 Å². The Labute approximate surface area is 88.0 Å². The summed E-state index contributed by atoms with van der Waals surface area (Å²) >= 11 is 0. The lowest BCUT2D eigenvalue weighted by Gasteiger charge is -2.18. The smallest absolute Gasteiger partial charge is 0.227 e. The van der Waals surface area contributed by atoms with Gasteiger partial charge in [-0.15, -0.1) is 0 Å². The minimum absolute atomic E-state index is 0.101. The number of amides is 1. The molecule has 0 atom stereocenters. The molecule has 0 bridgehead atoms. The summed E-state index contributed by atoms with van der Waals surface area (Å²) in [6.45, 7) is 4.59. The lowest BCUT2D eigenvalue weighted by atomic mass is 10.1. The molecule has 1 fully saturated rings. The maximum absolute atomic E-state index is 12.7. The molecule has 15 heavy (non-hydrogen) atoms. The van der Waals surface area contributed by atoms with Gasteiger partial charge in [0.15, 0.2) is 0 Å². The fourth-order valence-corrected chi connectivity index (χ4v) is 1.73. The lowest BCUT2D eigenvalue weighted by Crippen LogP contribution is -2.22. The predicted octanol–water partition coefficient (Wildman–Crippen LogP) is 2.42. The summed E-state index contributed by atoms with van der Waals surface area (Å²) < 4.78 is 12.7. The molecule has 1 aromatic carbocycles. The van der Waals surface area contributed by atoms with Crippen molar-refractivity contribution < 1.29 is 9.18 Å². The number of carbonyl (C=O) groups excluding carboxylic acids is 1. The van der Waals surface area contributed by atoms with Crippen LogP contribution in [-0.4, -0.2) is 17.4 Å². The third-order valence-corrected chi connectivity index (χ3v) is 2.58. The molecule has 1 heterocycles. The van der Waals surface area contributed by atoms with E-state index in [0.717, 1.165) is 18.5 Å². The molecule has 0 radical (unpaired) electrons. The van der Waals surface area contributed by atoms with E-state index >= 15 is 0 Å². The summed E-state index contributed by atoms with van der Waals surface area (Å²) in [5, 5.41) is 0. The van der Waals surface area contributed by atoms with Gasteiger partial charge in [0, 0.05) is 18.7 Å². The Bertz CT molecular complexity index is 397. The van der Waals surface area contributed by atoms with Crippen molar-refractivity contribution in [1.29, 1.82) is 0 Å². The topological polar surface area (TPSA) is 20.3 Å². The van der Waals surface area contributed by atoms with Crippen molar-refractivity contribution >= 4 is 11.6 Å². The lowest BCUT2D eigenvalue weighted by molar-refractivity contribution is -0.124. The van der Waals surface area contributed by atoms with Crippen molar-refractivity contribution in [2.24, 2.45) is 0 Å². The van der Waals surface area contributed by atoms with Crippen molar-refractivity contribution in [3.05, 3.63) is 42.2 Å². The van der Waals surface area contributed by atoms with E-state index in [9.17, 15) is 9.18 Å². The second-order valence-corrected chi connectivity index (χ2v) is 3.60. The number of hydrogen-bond acceptors (Lipinski definition) is 1. The molecule has 1 aliphatic heterocycles. The fourth-order valence-electron chi connectivity index (χ4n) is 1.73. The van der Waals surface area contributed by atoms with Crippen LogP contribution in [0.15, 0.2) is 30.8 Å². The molecule has 0 aliphatic carbocycles. The molecule has 0 spiro atoms. The molecule has 1 saturated heterocycles. The largest absolute Gasteiger partial charge is 0.312 e. The third kappa shape index (κ3) is 1.91. The average molecular weight is 205 g/mol. The summed E-state index contributed by atoms with van der Waals surface area (Å²) in [7, 11) is 0. The molecule has 0 unspecified atom stereocenters. The highest BCUT2D eigenvalue weighted by molar-refractivity contribution is 5.87. The number of carbonyl (C=O) groups is 1. The monoisotopic (exact) mass is 205 g/mol. The number of nitrogens with zero attached hydrogens (tertiary/aromatic N) is 1. The molecule has 1 aromatic rings. The van der Waals surface area contributed by atoms with Crippen LogP contribution in [0.2, 0.25) is 0 Å². The van der Waals surface area contributed by atoms with Gasteiger partial charge in [0.1, 0.15) is 5.82 Å². The van der Waals surface area contributed by atoms with E-state index in [4.69, 9.17) is 0 Å². The zero-order valence-corrected chi connectivity index (χ0v) is 8.37. The van der Waals surface area contributed by atoms with Crippen LogP contribution in [0.5, 0.6) is 0 Å². The van der Waals surface area contributed by atoms with Gasteiger partial charge in [-0.05, 0) is 24.1 Å². The minimum Gasteiger partial charge on any atom is -0.312 e. The molecule has 78 valence electrons. The van der Waals surface area contributed by atoms with Gasteiger partial charge in [0.05, 0.1) is 0 Å². The Morgan fingerprint density at radius 2 is 2.00 bits per heavy atom. The SMILES string of the molecule is C=C(c1ccc(F)cc1)N1CCCC1=O. The van der Waals surface area contributed by atoms with E-state index < -0.39 is 0 Å². The first kappa shape index (κ1) is 9.90. The number of benzene rings is 1. The van der Waals surface area contributed by atoms with Crippen LogP contribution in [0.4, 0.5) is 4.39 Å². The van der Waals surface area contributed by atoms with Crippen LogP contribution in [0.25, 0.3) is 5.70 Å². The molecule has 2 nitrogen and oxygen atoms in total. The fraction of sp³-hybridized carbons (Fsp3) is 0.250. The summed E-state index contributed by atoms with van der Waals surface area (Å²) in [6.07, 6.45) is 1.46. The Hall–Kier alpha value is -1.64. The Kier molecular flexibility index (Phi) is 2.54. The van der Waals surface area contributed by atoms with Gasteiger partial charge >= 0.3 is 0 Å². The Morgan fingerprint density at radius 3 is 2.53 bits per heavy atom. The Morgan fingerprint density at radius 1 is 1.33 bits per heavy atom. The number of halogens is 1. The maximum atomic E-state index is 12.7. The molecular formula is C12H12FNO. The number of hydrogen-bond donors (Lipinski definition) is 0. The van der Waals surface area contributed by atoms with Crippen LogP contribution in [0.1, 0.15) is 18.4 Å². The Balaban J connectivity index is 2.20. The first-order valence-corrected chi connectivity index (χ1v) is 4.94. The van der Waals surface area contributed by atoms with E-state index in [0.29, 0.717) is 12.1 Å². The van der Waals surface area contributed by atoms with Gasteiger partial charge in [-0.2, -0.15) is 0 Å². The van der Waals surface area contributed by atoms with E-state index in [1.165, 1.54) is 12.1 Å². The second-order valence-electron chi connectivity index (χ2n) is 3.60. The van der Waals surface area contributed by atoms with Crippen LogP contribution in [0, 0.1) is 5.82 Å². The van der Waals surface area contributed by atoms with Crippen molar-refractivity contribution in [3.8, 4) is 0 Å². The molecule has 1 aliphatic rings. The summed E-state index contributed by atoms with van der Waals surface area (Å²) in [5.74, 6) is -0.177. The molecule has 0 saturated carbocycles. The van der Waals surface area contributed by atoms with E-state index in [-0.39, 0.29) is 11.7 Å². The quantitative estimate of drug-likeness (QED) is 0.726. The minimum atomic E-state index is -0.278. The van der Waals surface area contributed by atoms with Crippen molar-refractivity contribution in [1.82, 2.24) is 4.90 Å². The average Bonchev–Trinajstić information content (AvgIpc) is 2.65. The summed E-state index contributed by atoms with van der Waals surface area (Å²) in [4.78, 5) is 13.1. The molecule has 1 amide bonds. The molecule has 0 N–H and O–H groups in total. The highest BCUT2D eigenvalue weighted by Crippen LogP contribution is 2.23. The van der Waals surface area contributed by atoms with Crippen molar-refractivity contribution in [3.63, 3.8) is 0 Å². The normalized spacial score (nSPS) is 15.8. The van der Waals surface area contributed by atoms with Gasteiger partial charge in [-0.25, -0.2) is 4.39 Å². The summed E-state index contributed by atoms with van der Waals surface area (Å²) in [6, 6.07) is 6.04. The third-order valence-electron chi connectivity index (χ3n) is 2.58. The van der Waals surface area contributed by atoms with Crippen LogP contribution < -0.4 is 0 Å². The number of likely N-dealkylation sites (tertiary alicyclic amines) is 1. The van der Waals surface area contributed by atoms with Gasteiger partial charge < -0.3 is 4.90 Å². The van der Waals surface area contributed by atoms with Crippen LogP contribution >= 0.6 is 0 Å². The highest BCUT2D eigenvalue weighted by Gasteiger charge is 2.22. The van der Waals surface area contributed by atoms with Crippen LogP contribution in [0.3, 0.4) is 0 Å². The standard InChI is InChI=1S/C12H12FNO/c1-9(14-8-2-3-12(14)15)10-4-6-11(13)7-5-10/h4-7H,1-3,8H2. The maximum Gasteiger partial charge on any atom is 0.227 e. The van der Waals surface area contributed by atoms with Gasteiger partial charge in [-0.3, -0.25) is 4.79 Å². The van der Waals surface area contributed by atoms with Crippen molar-refractivity contribution in [2.75, 3.05) is 6.54 Å². The molecule has 0 aromatic heterocycles. The second kappa shape index (κ2) is 3.85. The molecular weight excluding hydrogens is 193 g/mol. The first-order chi connectivity index (χ1) is 7.18. The van der Waals surface area contributed by atoms with Crippen LogP contribution in [-0.2, 0) is 4.79 Å². The molecule has 2 rings (SSSR count). The van der Waals surface area contributed by atoms with E-state index in [1.54, 1.807) is 17.0 Å². The first-order valence-electron chi connectivity index (χ1n) is 4.94. The molecule has 3 heteroatoms. The van der Waals surface area contributed by atoms with Gasteiger partial charge in [0.2, 0.25) is 5.91 Å². The van der Waals surface area contributed by atoms with Gasteiger partial charge in [-0.1, -0.05) is 18.7 Å².